The van der Waals surface area contributed by atoms with Crippen LogP contribution in [-0.4, -0.2) is 24.3 Å². The van der Waals surface area contributed by atoms with Gasteiger partial charge in [0, 0.05) is 18.5 Å². The molecule has 0 spiro atoms. The average Bonchev–Trinajstić information content (AvgIpc) is 2.56. The number of amides is 1. The number of ether oxygens (including phenoxy) is 1. The molecular weight excluding hydrogens is 290 g/mol. The summed E-state index contributed by atoms with van der Waals surface area (Å²) in [5, 5.41) is 0. The zero-order chi connectivity index (χ0) is 16.8. The van der Waals surface area contributed by atoms with Crippen LogP contribution >= 0.6 is 0 Å². The van der Waals surface area contributed by atoms with Gasteiger partial charge in [-0.1, -0.05) is 39.5 Å². The molecule has 2 rings (SSSR count). The number of rotatable bonds is 8. The molecule has 1 aliphatic rings. The normalized spacial score (nSPS) is 16.9. The second kappa shape index (κ2) is 8.14. The van der Waals surface area contributed by atoms with E-state index in [9.17, 15) is 9.59 Å². The number of hydrogen-bond donors (Lipinski definition) is 0. The number of Topliss-reactive ketones (excluding diaryl/α,β-unsaturated/α-hetero) is 1. The van der Waals surface area contributed by atoms with Crippen LogP contribution in [0.4, 0.5) is 5.69 Å². The van der Waals surface area contributed by atoms with Gasteiger partial charge in [0.1, 0.15) is 5.75 Å². The molecule has 23 heavy (non-hydrogen) atoms. The molecule has 4 nitrogen and oxygen atoms in total. The lowest BCUT2D eigenvalue weighted by Crippen LogP contribution is -2.45. The van der Waals surface area contributed by atoms with Crippen molar-refractivity contribution in [2.45, 2.75) is 65.4 Å². The first kappa shape index (κ1) is 17.5. The maximum atomic E-state index is 12.5. The third-order valence-corrected chi connectivity index (χ3v) is 4.30. The number of ketones is 1. The fraction of sp³-hybridized carbons (Fsp3) is 0.579. The first-order chi connectivity index (χ1) is 11.1. The molecule has 1 heterocycles. The van der Waals surface area contributed by atoms with E-state index in [1.165, 1.54) is 19.3 Å². The van der Waals surface area contributed by atoms with Crippen molar-refractivity contribution in [1.29, 1.82) is 0 Å². The summed E-state index contributed by atoms with van der Waals surface area (Å²) < 4.78 is 5.69. The Kier molecular flexibility index (Phi) is 6.20. The van der Waals surface area contributed by atoms with E-state index in [2.05, 4.69) is 6.92 Å². The standard InChI is InChI=1S/C19H27NO3/c1-4-6-7-8-9-12-20-16-13-15(17(21)5-2)10-11-18(16)23-14(3)19(20)22/h10-11,13-14H,4-9,12H2,1-3H3. The van der Waals surface area contributed by atoms with Crippen molar-refractivity contribution < 1.29 is 14.3 Å². The number of fused-ring (bicyclic) bond motifs is 1. The molecule has 1 unspecified atom stereocenters. The van der Waals surface area contributed by atoms with Crippen LogP contribution in [0.3, 0.4) is 0 Å². The Balaban J connectivity index is 2.17. The van der Waals surface area contributed by atoms with Crippen molar-refractivity contribution >= 4 is 17.4 Å². The van der Waals surface area contributed by atoms with Gasteiger partial charge in [0.2, 0.25) is 0 Å². The van der Waals surface area contributed by atoms with Gasteiger partial charge in [-0.15, -0.1) is 0 Å². The van der Waals surface area contributed by atoms with Crippen LogP contribution in [0.25, 0.3) is 0 Å². The molecule has 0 N–H and O–H groups in total. The minimum atomic E-state index is -0.467. The number of anilines is 1. The highest BCUT2D eigenvalue weighted by atomic mass is 16.5. The second-order valence-electron chi connectivity index (χ2n) is 6.12. The highest BCUT2D eigenvalue weighted by Crippen LogP contribution is 2.35. The average molecular weight is 317 g/mol. The monoisotopic (exact) mass is 317 g/mol. The summed E-state index contributed by atoms with van der Waals surface area (Å²) >= 11 is 0. The summed E-state index contributed by atoms with van der Waals surface area (Å²) in [6, 6.07) is 5.40. The molecule has 1 aromatic rings. The summed E-state index contributed by atoms with van der Waals surface area (Å²) in [6.07, 6.45) is 5.73. The Morgan fingerprint density at radius 3 is 2.61 bits per heavy atom. The fourth-order valence-electron chi connectivity index (χ4n) is 2.89. The molecule has 0 aliphatic carbocycles. The quantitative estimate of drug-likeness (QED) is 0.528. The van der Waals surface area contributed by atoms with Crippen LogP contribution in [0.1, 0.15) is 69.7 Å². The van der Waals surface area contributed by atoms with E-state index in [0.717, 1.165) is 18.5 Å². The molecule has 0 saturated carbocycles. The molecule has 1 aromatic carbocycles. The number of benzene rings is 1. The summed E-state index contributed by atoms with van der Waals surface area (Å²) in [4.78, 5) is 26.2. The molecule has 0 aromatic heterocycles. The van der Waals surface area contributed by atoms with Gasteiger partial charge in [-0.3, -0.25) is 9.59 Å². The van der Waals surface area contributed by atoms with Crippen molar-refractivity contribution in [3.8, 4) is 5.75 Å². The van der Waals surface area contributed by atoms with Crippen LogP contribution in [0.2, 0.25) is 0 Å². The Labute approximate surface area is 138 Å². The van der Waals surface area contributed by atoms with Gasteiger partial charge < -0.3 is 9.64 Å². The van der Waals surface area contributed by atoms with Gasteiger partial charge in [-0.2, -0.15) is 0 Å². The van der Waals surface area contributed by atoms with Gasteiger partial charge in [0.25, 0.3) is 5.91 Å². The zero-order valence-corrected chi connectivity index (χ0v) is 14.4. The third kappa shape index (κ3) is 4.12. The van der Waals surface area contributed by atoms with E-state index in [1.807, 2.05) is 13.0 Å². The minimum absolute atomic E-state index is 0.0194. The summed E-state index contributed by atoms with van der Waals surface area (Å²) in [6.45, 7) is 6.50. The van der Waals surface area contributed by atoms with Gasteiger partial charge in [0.05, 0.1) is 5.69 Å². The van der Waals surface area contributed by atoms with Crippen molar-refractivity contribution in [3.63, 3.8) is 0 Å². The number of carbonyl (C=O) groups excluding carboxylic acids is 2. The lowest BCUT2D eigenvalue weighted by atomic mass is 10.0. The molecule has 1 aliphatic heterocycles. The topological polar surface area (TPSA) is 46.6 Å². The molecule has 0 saturated heterocycles. The van der Waals surface area contributed by atoms with Gasteiger partial charge in [-0.05, 0) is 31.5 Å². The van der Waals surface area contributed by atoms with Gasteiger partial charge in [0.15, 0.2) is 11.9 Å². The lowest BCUT2D eigenvalue weighted by molar-refractivity contribution is -0.125. The Hall–Kier alpha value is -1.84. The van der Waals surface area contributed by atoms with E-state index in [0.29, 0.717) is 24.3 Å². The predicted octanol–water partition coefficient (Wildman–Crippen LogP) is 4.36. The molecular formula is C19H27NO3. The van der Waals surface area contributed by atoms with Crippen LogP contribution in [-0.2, 0) is 4.79 Å². The first-order valence-corrected chi connectivity index (χ1v) is 8.73. The number of unbranched alkanes of at least 4 members (excludes halogenated alkanes) is 4. The van der Waals surface area contributed by atoms with Crippen LogP contribution in [0, 0.1) is 0 Å². The van der Waals surface area contributed by atoms with E-state index >= 15 is 0 Å². The highest BCUT2D eigenvalue weighted by molar-refractivity contribution is 6.02. The smallest absolute Gasteiger partial charge is 0.267 e. The summed E-state index contributed by atoms with van der Waals surface area (Å²) in [5.41, 5.74) is 1.39. The van der Waals surface area contributed by atoms with E-state index in [1.54, 1.807) is 24.0 Å². The lowest BCUT2D eigenvalue weighted by Gasteiger charge is -2.33. The van der Waals surface area contributed by atoms with Gasteiger partial charge >= 0.3 is 0 Å². The van der Waals surface area contributed by atoms with Crippen molar-refractivity contribution in [1.82, 2.24) is 0 Å². The minimum Gasteiger partial charge on any atom is -0.479 e. The van der Waals surface area contributed by atoms with Crippen molar-refractivity contribution in [3.05, 3.63) is 23.8 Å². The molecule has 1 amide bonds. The second-order valence-corrected chi connectivity index (χ2v) is 6.12. The van der Waals surface area contributed by atoms with Gasteiger partial charge in [-0.25, -0.2) is 0 Å². The first-order valence-electron chi connectivity index (χ1n) is 8.73. The van der Waals surface area contributed by atoms with E-state index in [-0.39, 0.29) is 11.7 Å². The van der Waals surface area contributed by atoms with Crippen LogP contribution in [0.5, 0.6) is 5.75 Å². The van der Waals surface area contributed by atoms with Crippen molar-refractivity contribution in [2.24, 2.45) is 0 Å². The fourth-order valence-corrected chi connectivity index (χ4v) is 2.89. The third-order valence-electron chi connectivity index (χ3n) is 4.30. The Bertz CT molecular complexity index is 568. The molecule has 0 fully saturated rings. The number of hydrogen-bond acceptors (Lipinski definition) is 3. The number of nitrogens with zero attached hydrogens (tertiary/aromatic N) is 1. The zero-order valence-electron chi connectivity index (χ0n) is 14.4. The number of carbonyl (C=O) groups is 2. The molecule has 0 radical (unpaired) electrons. The Morgan fingerprint density at radius 1 is 1.17 bits per heavy atom. The Morgan fingerprint density at radius 2 is 1.91 bits per heavy atom. The molecule has 126 valence electrons. The SMILES string of the molecule is CCCCCCCN1C(=O)C(C)Oc2ccc(C(=O)CC)cc21. The molecule has 0 bridgehead atoms. The summed E-state index contributed by atoms with van der Waals surface area (Å²) in [7, 11) is 0. The maximum Gasteiger partial charge on any atom is 0.267 e. The molecule has 4 heteroatoms. The molecule has 1 atom stereocenters. The van der Waals surface area contributed by atoms with E-state index in [4.69, 9.17) is 4.74 Å². The van der Waals surface area contributed by atoms with Crippen LogP contribution in [0.15, 0.2) is 18.2 Å². The van der Waals surface area contributed by atoms with Crippen molar-refractivity contribution in [2.75, 3.05) is 11.4 Å². The summed E-state index contributed by atoms with van der Waals surface area (Å²) in [5.74, 6) is 0.758. The maximum absolute atomic E-state index is 12.5. The van der Waals surface area contributed by atoms with E-state index < -0.39 is 6.10 Å². The largest absolute Gasteiger partial charge is 0.479 e. The predicted molar refractivity (Wildman–Crippen MR) is 92.3 cm³/mol. The van der Waals surface area contributed by atoms with Crippen LogP contribution < -0.4 is 9.64 Å². The highest BCUT2D eigenvalue weighted by Gasteiger charge is 2.31.